The van der Waals surface area contributed by atoms with Crippen molar-refractivity contribution >= 4 is 28.1 Å². The summed E-state index contributed by atoms with van der Waals surface area (Å²) in [7, 11) is 0. The van der Waals surface area contributed by atoms with E-state index in [2.05, 4.69) is 30.6 Å². The molecule has 3 rings (SSSR count). The summed E-state index contributed by atoms with van der Waals surface area (Å²) in [5, 5.41) is 7.15. The monoisotopic (exact) mass is 327 g/mol. The van der Waals surface area contributed by atoms with E-state index in [1.54, 1.807) is 23.7 Å². The van der Waals surface area contributed by atoms with E-state index in [4.69, 9.17) is 5.73 Å². The zero-order valence-corrected chi connectivity index (χ0v) is 13.5. The smallest absolute Gasteiger partial charge is 0.188 e. The number of nitrogens with zero attached hydrogens (tertiary/aromatic N) is 4. The summed E-state index contributed by atoms with van der Waals surface area (Å²) in [5.74, 6) is 2.13. The molecular formula is C15H17N7S. The van der Waals surface area contributed by atoms with E-state index in [-0.39, 0.29) is 0 Å². The zero-order chi connectivity index (χ0) is 16.1. The van der Waals surface area contributed by atoms with E-state index >= 15 is 0 Å². The van der Waals surface area contributed by atoms with Crippen LogP contribution in [0.3, 0.4) is 0 Å². The predicted molar refractivity (Wildman–Crippen MR) is 92.9 cm³/mol. The Hall–Kier alpha value is -2.58. The first-order valence-electron chi connectivity index (χ1n) is 7.17. The van der Waals surface area contributed by atoms with E-state index in [0.29, 0.717) is 24.7 Å². The first kappa shape index (κ1) is 15.3. The van der Waals surface area contributed by atoms with Crippen molar-refractivity contribution in [3.8, 4) is 10.4 Å². The molecule has 0 spiro atoms. The molecule has 3 heterocycles. The summed E-state index contributed by atoms with van der Waals surface area (Å²) in [6.45, 7) is 3.07. The fraction of sp³-hybridized carbons (Fsp3) is 0.200. The highest BCUT2D eigenvalue weighted by molar-refractivity contribution is 7.18. The van der Waals surface area contributed by atoms with Crippen LogP contribution in [0.5, 0.6) is 0 Å². The van der Waals surface area contributed by atoms with Crippen LogP contribution < -0.4 is 16.4 Å². The van der Waals surface area contributed by atoms with Crippen molar-refractivity contribution in [1.82, 2.24) is 19.9 Å². The fourth-order valence-electron chi connectivity index (χ4n) is 2.01. The number of aromatic nitrogens is 4. The second-order valence-electron chi connectivity index (χ2n) is 4.79. The van der Waals surface area contributed by atoms with Gasteiger partial charge in [-0.25, -0.2) is 15.0 Å². The number of aryl methyl sites for hydroxylation is 1. The van der Waals surface area contributed by atoms with Gasteiger partial charge in [-0.05, 0) is 24.6 Å². The number of pyridine rings is 1. The maximum absolute atomic E-state index is 5.50. The summed E-state index contributed by atoms with van der Waals surface area (Å²) in [5.41, 5.74) is 6.59. The standard InChI is InChI=1S/C15H17N7S/c1-10-20-13(18-7-4-16)8-14(21-10)22-15-19-9-12(23-15)11-2-5-17-6-3-11/h2-3,5-6,8-9H,4,7,16H2,1H3,(H2,18,19,20,21,22). The van der Waals surface area contributed by atoms with Crippen molar-refractivity contribution < 1.29 is 0 Å². The van der Waals surface area contributed by atoms with Crippen LogP contribution in [0.1, 0.15) is 5.82 Å². The average molecular weight is 327 g/mol. The van der Waals surface area contributed by atoms with Crippen LogP contribution in [0, 0.1) is 6.92 Å². The molecule has 0 aliphatic carbocycles. The Bertz CT molecular complexity index is 773. The van der Waals surface area contributed by atoms with Crippen LogP contribution in [0.4, 0.5) is 16.8 Å². The molecule has 0 radical (unpaired) electrons. The van der Waals surface area contributed by atoms with Crippen LogP contribution >= 0.6 is 11.3 Å². The Morgan fingerprint density at radius 1 is 1.17 bits per heavy atom. The van der Waals surface area contributed by atoms with E-state index < -0.39 is 0 Å². The van der Waals surface area contributed by atoms with Crippen molar-refractivity contribution in [2.24, 2.45) is 5.73 Å². The van der Waals surface area contributed by atoms with Gasteiger partial charge >= 0.3 is 0 Å². The molecule has 0 aromatic carbocycles. The van der Waals surface area contributed by atoms with Crippen LogP contribution in [0.25, 0.3) is 10.4 Å². The normalized spacial score (nSPS) is 10.5. The first-order chi connectivity index (χ1) is 11.2. The molecule has 0 fully saturated rings. The molecule has 0 saturated carbocycles. The molecule has 3 aromatic heterocycles. The third kappa shape index (κ3) is 3.99. The molecule has 7 nitrogen and oxygen atoms in total. The molecule has 0 atom stereocenters. The molecule has 118 valence electrons. The lowest BCUT2D eigenvalue weighted by Gasteiger charge is -2.07. The fourth-order valence-corrected chi connectivity index (χ4v) is 2.84. The van der Waals surface area contributed by atoms with Gasteiger partial charge in [-0.1, -0.05) is 11.3 Å². The molecule has 23 heavy (non-hydrogen) atoms. The average Bonchev–Trinajstić information content (AvgIpc) is 3.02. The van der Waals surface area contributed by atoms with Gasteiger partial charge in [0.2, 0.25) is 0 Å². The Kier molecular flexibility index (Phi) is 4.74. The number of hydrogen-bond donors (Lipinski definition) is 3. The van der Waals surface area contributed by atoms with Crippen molar-refractivity contribution in [2.75, 3.05) is 23.7 Å². The molecule has 3 aromatic rings. The third-order valence-corrected chi connectivity index (χ3v) is 3.96. The molecular weight excluding hydrogens is 310 g/mol. The van der Waals surface area contributed by atoms with Gasteiger partial charge in [-0.3, -0.25) is 4.98 Å². The van der Waals surface area contributed by atoms with Gasteiger partial charge in [0.25, 0.3) is 0 Å². The second kappa shape index (κ2) is 7.12. The Balaban J connectivity index is 1.77. The lowest BCUT2D eigenvalue weighted by Crippen LogP contribution is -2.14. The topological polar surface area (TPSA) is 102 Å². The highest BCUT2D eigenvalue weighted by atomic mass is 32.1. The Labute approximate surface area is 138 Å². The van der Waals surface area contributed by atoms with Gasteiger partial charge in [0.05, 0.1) is 4.88 Å². The van der Waals surface area contributed by atoms with Gasteiger partial charge in [-0.15, -0.1) is 0 Å². The Morgan fingerprint density at radius 3 is 2.74 bits per heavy atom. The Morgan fingerprint density at radius 2 is 1.96 bits per heavy atom. The summed E-state index contributed by atoms with van der Waals surface area (Å²) >= 11 is 1.56. The molecule has 0 bridgehead atoms. The maximum atomic E-state index is 5.50. The third-order valence-electron chi connectivity index (χ3n) is 2.99. The summed E-state index contributed by atoms with van der Waals surface area (Å²) in [6.07, 6.45) is 5.38. The van der Waals surface area contributed by atoms with Crippen molar-refractivity contribution in [1.29, 1.82) is 0 Å². The molecule has 0 aliphatic heterocycles. The van der Waals surface area contributed by atoms with Crippen molar-refractivity contribution in [3.05, 3.63) is 42.6 Å². The zero-order valence-electron chi connectivity index (χ0n) is 12.7. The highest BCUT2D eigenvalue weighted by Crippen LogP contribution is 2.30. The summed E-state index contributed by atoms with van der Waals surface area (Å²) in [4.78, 5) is 18.2. The summed E-state index contributed by atoms with van der Waals surface area (Å²) in [6, 6.07) is 5.76. The number of nitrogens with one attached hydrogen (secondary N) is 2. The van der Waals surface area contributed by atoms with E-state index in [9.17, 15) is 0 Å². The van der Waals surface area contributed by atoms with Gasteiger partial charge in [-0.2, -0.15) is 0 Å². The van der Waals surface area contributed by atoms with Gasteiger partial charge < -0.3 is 16.4 Å². The second-order valence-corrected chi connectivity index (χ2v) is 5.82. The number of thiazole rings is 1. The molecule has 8 heteroatoms. The number of hydrogen-bond acceptors (Lipinski definition) is 8. The van der Waals surface area contributed by atoms with Gasteiger partial charge in [0.1, 0.15) is 17.5 Å². The van der Waals surface area contributed by atoms with Gasteiger partial charge in [0.15, 0.2) is 5.13 Å². The quantitative estimate of drug-likeness (QED) is 0.639. The molecule has 0 unspecified atom stereocenters. The lowest BCUT2D eigenvalue weighted by molar-refractivity contribution is 0.987. The van der Waals surface area contributed by atoms with Crippen LogP contribution in [-0.2, 0) is 0 Å². The van der Waals surface area contributed by atoms with Crippen molar-refractivity contribution in [2.45, 2.75) is 6.92 Å². The van der Waals surface area contributed by atoms with E-state index in [1.807, 2.05) is 31.3 Å². The molecule has 0 aliphatic rings. The summed E-state index contributed by atoms with van der Waals surface area (Å²) < 4.78 is 0. The maximum Gasteiger partial charge on any atom is 0.188 e. The first-order valence-corrected chi connectivity index (χ1v) is 7.99. The minimum absolute atomic E-state index is 0.549. The SMILES string of the molecule is Cc1nc(NCCN)cc(Nc2ncc(-c3ccncc3)s2)n1. The van der Waals surface area contributed by atoms with Gasteiger partial charge in [0, 0.05) is 37.7 Å². The minimum Gasteiger partial charge on any atom is -0.369 e. The van der Waals surface area contributed by atoms with Crippen LogP contribution in [-0.4, -0.2) is 33.0 Å². The molecule has 0 amide bonds. The molecule has 4 N–H and O–H groups in total. The number of anilines is 3. The van der Waals surface area contributed by atoms with Crippen LogP contribution in [0.2, 0.25) is 0 Å². The number of nitrogens with two attached hydrogens (primary N) is 1. The molecule has 0 saturated heterocycles. The highest BCUT2D eigenvalue weighted by Gasteiger charge is 2.07. The van der Waals surface area contributed by atoms with Crippen LogP contribution in [0.15, 0.2) is 36.8 Å². The lowest BCUT2D eigenvalue weighted by atomic mass is 10.2. The van der Waals surface area contributed by atoms with E-state index in [1.165, 1.54) is 0 Å². The van der Waals surface area contributed by atoms with Crippen molar-refractivity contribution in [3.63, 3.8) is 0 Å². The van der Waals surface area contributed by atoms with E-state index in [0.717, 1.165) is 21.4 Å². The predicted octanol–water partition coefficient (Wildman–Crippen LogP) is 2.42. The number of rotatable bonds is 6. The minimum atomic E-state index is 0.549. The largest absolute Gasteiger partial charge is 0.369 e.